The number of hydrogen-bond acceptors (Lipinski definition) is 7. The van der Waals surface area contributed by atoms with Crippen LogP contribution < -0.4 is 14.8 Å². The summed E-state index contributed by atoms with van der Waals surface area (Å²) in [7, 11) is 0. The van der Waals surface area contributed by atoms with E-state index in [-0.39, 0.29) is 23.9 Å². The molecule has 1 saturated heterocycles. The molecule has 1 fully saturated rings. The zero-order valence-electron chi connectivity index (χ0n) is 19.4. The Morgan fingerprint density at radius 2 is 1.91 bits per heavy atom. The van der Waals surface area contributed by atoms with Crippen molar-refractivity contribution in [1.82, 2.24) is 20.1 Å². The Kier molecular flexibility index (Phi) is 6.47. The third kappa shape index (κ3) is 4.63. The number of nitrogens with zero attached hydrogens (tertiary/aromatic N) is 3. The second-order valence-electron chi connectivity index (χ2n) is 8.78. The first-order chi connectivity index (χ1) is 16.5. The van der Waals surface area contributed by atoms with Gasteiger partial charge in [0.25, 0.3) is 0 Å². The SMILES string of the molecule is Cc1ccc(-n2cnnc2SCC(=O)NCC2(c3ccc4c(c3)OCO4)CCOCC2)cc1C. The van der Waals surface area contributed by atoms with Crippen LogP contribution in [0.15, 0.2) is 47.9 Å². The first-order valence-corrected chi connectivity index (χ1v) is 12.4. The molecule has 0 aliphatic carbocycles. The molecule has 0 unspecified atom stereocenters. The van der Waals surface area contributed by atoms with Gasteiger partial charge in [0.15, 0.2) is 16.7 Å². The summed E-state index contributed by atoms with van der Waals surface area (Å²) >= 11 is 1.38. The lowest BCUT2D eigenvalue weighted by atomic mass is 9.74. The summed E-state index contributed by atoms with van der Waals surface area (Å²) in [5, 5.41) is 12.1. The smallest absolute Gasteiger partial charge is 0.231 e. The number of benzene rings is 2. The molecule has 2 aliphatic rings. The number of hydrogen-bond donors (Lipinski definition) is 1. The molecule has 0 bridgehead atoms. The number of aromatic nitrogens is 3. The zero-order valence-corrected chi connectivity index (χ0v) is 20.2. The van der Waals surface area contributed by atoms with Crippen LogP contribution in [0.1, 0.15) is 29.5 Å². The van der Waals surface area contributed by atoms with Crippen LogP contribution in [0.5, 0.6) is 11.5 Å². The summed E-state index contributed by atoms with van der Waals surface area (Å²) in [5.74, 6) is 1.75. The van der Waals surface area contributed by atoms with Crippen molar-refractivity contribution in [2.24, 2.45) is 0 Å². The standard InChI is InChI=1S/C25H28N4O4S/c1-17-3-5-20(11-18(17)2)29-15-27-28-24(29)34-13-23(30)26-14-25(7-9-31-10-8-25)19-4-6-21-22(12-19)33-16-32-21/h3-6,11-12,15H,7-10,13-14,16H2,1-2H3,(H,26,30). The summed E-state index contributed by atoms with van der Waals surface area (Å²) in [4.78, 5) is 12.8. The Labute approximate surface area is 203 Å². The maximum atomic E-state index is 12.8. The average molecular weight is 481 g/mol. The fourth-order valence-corrected chi connectivity index (χ4v) is 5.14. The number of fused-ring (bicyclic) bond motifs is 1. The van der Waals surface area contributed by atoms with E-state index in [1.807, 2.05) is 22.8 Å². The summed E-state index contributed by atoms with van der Waals surface area (Å²) in [6.07, 6.45) is 3.35. The molecule has 8 nitrogen and oxygen atoms in total. The largest absolute Gasteiger partial charge is 0.454 e. The Hall–Kier alpha value is -3.04. The molecular weight excluding hydrogens is 452 g/mol. The van der Waals surface area contributed by atoms with E-state index >= 15 is 0 Å². The van der Waals surface area contributed by atoms with Crippen molar-refractivity contribution in [2.75, 3.05) is 32.3 Å². The molecule has 2 aromatic carbocycles. The van der Waals surface area contributed by atoms with Gasteiger partial charge in [-0.1, -0.05) is 23.9 Å². The predicted octanol–water partition coefficient (Wildman–Crippen LogP) is 3.57. The molecule has 1 N–H and O–H groups in total. The van der Waals surface area contributed by atoms with Gasteiger partial charge in [0.05, 0.1) is 5.75 Å². The quantitative estimate of drug-likeness (QED) is 0.517. The molecule has 1 aromatic heterocycles. The van der Waals surface area contributed by atoms with Crippen molar-refractivity contribution < 1.29 is 19.0 Å². The fourth-order valence-electron chi connectivity index (χ4n) is 4.38. The molecule has 1 amide bonds. The molecular formula is C25H28N4O4S. The van der Waals surface area contributed by atoms with Gasteiger partial charge in [0.2, 0.25) is 12.7 Å². The number of ether oxygens (including phenoxy) is 3. The van der Waals surface area contributed by atoms with Gasteiger partial charge in [0.1, 0.15) is 6.33 Å². The maximum Gasteiger partial charge on any atom is 0.231 e. The zero-order chi connectivity index (χ0) is 23.5. The number of rotatable bonds is 7. The molecule has 0 radical (unpaired) electrons. The van der Waals surface area contributed by atoms with Gasteiger partial charge in [-0.25, -0.2) is 0 Å². The second-order valence-corrected chi connectivity index (χ2v) is 9.72. The van der Waals surface area contributed by atoms with E-state index in [4.69, 9.17) is 14.2 Å². The van der Waals surface area contributed by atoms with E-state index in [9.17, 15) is 4.79 Å². The molecule has 3 aromatic rings. The first-order valence-electron chi connectivity index (χ1n) is 11.4. The highest BCUT2D eigenvalue weighted by Crippen LogP contribution is 2.40. The lowest BCUT2D eigenvalue weighted by Gasteiger charge is -2.38. The van der Waals surface area contributed by atoms with Crippen LogP contribution in [0, 0.1) is 13.8 Å². The number of aryl methyl sites for hydroxylation is 2. The van der Waals surface area contributed by atoms with Gasteiger partial charge in [-0.2, -0.15) is 0 Å². The molecule has 34 heavy (non-hydrogen) atoms. The van der Waals surface area contributed by atoms with Crippen molar-refractivity contribution >= 4 is 17.7 Å². The Bertz CT molecular complexity index is 1190. The van der Waals surface area contributed by atoms with Crippen LogP contribution in [-0.4, -0.2) is 53.0 Å². The number of amides is 1. The van der Waals surface area contributed by atoms with E-state index < -0.39 is 0 Å². The van der Waals surface area contributed by atoms with E-state index in [2.05, 4.69) is 47.6 Å². The normalized spacial score (nSPS) is 16.4. The predicted molar refractivity (Wildman–Crippen MR) is 129 cm³/mol. The summed E-state index contributed by atoms with van der Waals surface area (Å²) in [5.41, 5.74) is 4.36. The Balaban J connectivity index is 1.24. The lowest BCUT2D eigenvalue weighted by molar-refractivity contribution is -0.119. The van der Waals surface area contributed by atoms with Crippen LogP contribution >= 0.6 is 11.8 Å². The molecule has 2 aliphatic heterocycles. The van der Waals surface area contributed by atoms with Crippen molar-refractivity contribution in [1.29, 1.82) is 0 Å². The topological polar surface area (TPSA) is 87.5 Å². The Morgan fingerprint density at radius 1 is 1.09 bits per heavy atom. The van der Waals surface area contributed by atoms with Crippen LogP contribution in [0.25, 0.3) is 5.69 Å². The fraction of sp³-hybridized carbons (Fsp3) is 0.400. The maximum absolute atomic E-state index is 12.8. The molecule has 9 heteroatoms. The molecule has 0 spiro atoms. The molecule has 3 heterocycles. The third-order valence-electron chi connectivity index (χ3n) is 6.68. The van der Waals surface area contributed by atoms with Gasteiger partial charge >= 0.3 is 0 Å². The summed E-state index contributed by atoms with van der Waals surface area (Å²) in [6.45, 7) is 6.28. The monoisotopic (exact) mass is 480 g/mol. The summed E-state index contributed by atoms with van der Waals surface area (Å²) in [6, 6.07) is 12.3. The van der Waals surface area contributed by atoms with Gasteiger partial charge in [0, 0.05) is 30.9 Å². The lowest BCUT2D eigenvalue weighted by Crippen LogP contribution is -2.45. The molecule has 0 saturated carbocycles. The van der Waals surface area contributed by atoms with Crippen LogP contribution in [0.3, 0.4) is 0 Å². The summed E-state index contributed by atoms with van der Waals surface area (Å²) < 4.78 is 18.6. The number of nitrogens with one attached hydrogen (secondary N) is 1. The van der Waals surface area contributed by atoms with Crippen molar-refractivity contribution in [3.63, 3.8) is 0 Å². The number of carbonyl (C=O) groups is 1. The van der Waals surface area contributed by atoms with E-state index in [0.717, 1.165) is 35.6 Å². The van der Waals surface area contributed by atoms with Gasteiger partial charge in [-0.15, -0.1) is 10.2 Å². The van der Waals surface area contributed by atoms with Crippen LogP contribution in [0.2, 0.25) is 0 Å². The van der Waals surface area contributed by atoms with Crippen LogP contribution in [-0.2, 0) is 14.9 Å². The van der Waals surface area contributed by atoms with E-state index in [1.165, 1.54) is 22.9 Å². The van der Waals surface area contributed by atoms with E-state index in [1.54, 1.807) is 6.33 Å². The first kappa shape index (κ1) is 22.7. The highest BCUT2D eigenvalue weighted by atomic mass is 32.2. The number of thioether (sulfide) groups is 1. The van der Waals surface area contributed by atoms with Gasteiger partial charge in [-0.3, -0.25) is 9.36 Å². The highest BCUT2D eigenvalue weighted by Gasteiger charge is 2.36. The Morgan fingerprint density at radius 3 is 2.74 bits per heavy atom. The van der Waals surface area contributed by atoms with Crippen molar-refractivity contribution in [3.8, 4) is 17.2 Å². The molecule has 5 rings (SSSR count). The third-order valence-corrected chi connectivity index (χ3v) is 7.62. The molecule has 0 atom stereocenters. The minimum atomic E-state index is -0.195. The van der Waals surface area contributed by atoms with Gasteiger partial charge in [-0.05, 0) is 67.6 Å². The minimum Gasteiger partial charge on any atom is -0.454 e. The van der Waals surface area contributed by atoms with Crippen molar-refractivity contribution in [2.45, 2.75) is 37.3 Å². The average Bonchev–Trinajstić information content (AvgIpc) is 3.53. The van der Waals surface area contributed by atoms with E-state index in [0.29, 0.717) is 24.9 Å². The minimum absolute atomic E-state index is 0.0359. The molecule has 178 valence electrons. The number of carbonyl (C=O) groups excluding carboxylic acids is 1. The van der Waals surface area contributed by atoms with Crippen LogP contribution in [0.4, 0.5) is 0 Å². The van der Waals surface area contributed by atoms with Crippen molar-refractivity contribution in [3.05, 3.63) is 59.4 Å². The highest BCUT2D eigenvalue weighted by molar-refractivity contribution is 7.99. The van der Waals surface area contributed by atoms with Gasteiger partial charge < -0.3 is 19.5 Å². The second kappa shape index (κ2) is 9.68.